The van der Waals surface area contributed by atoms with Gasteiger partial charge < -0.3 is 4.74 Å². The summed E-state index contributed by atoms with van der Waals surface area (Å²) in [5.41, 5.74) is 4.85. The van der Waals surface area contributed by atoms with E-state index in [1.807, 2.05) is 36.1 Å². The lowest BCUT2D eigenvalue weighted by molar-refractivity contribution is 0.302. The number of aryl methyl sites for hydroxylation is 1. The number of fused-ring (bicyclic) bond motifs is 6. The minimum atomic E-state index is 0.511. The van der Waals surface area contributed by atoms with Crippen molar-refractivity contribution in [1.82, 2.24) is 14.8 Å². The Kier molecular flexibility index (Phi) is 2.50. The monoisotopic (exact) mass is 321 g/mol. The minimum Gasteiger partial charge on any atom is -0.488 e. The molecule has 4 nitrogen and oxygen atoms in total. The third-order valence-corrected chi connectivity index (χ3v) is 4.70. The Morgan fingerprint density at radius 1 is 1.22 bits per heavy atom. The van der Waals surface area contributed by atoms with Crippen LogP contribution < -0.4 is 4.74 Å². The maximum Gasteiger partial charge on any atom is 0.130 e. The number of benzene rings is 2. The molecule has 0 bridgehead atoms. The molecule has 3 heterocycles. The summed E-state index contributed by atoms with van der Waals surface area (Å²) in [6.45, 7) is 0.511. The highest BCUT2D eigenvalue weighted by Gasteiger charge is 2.22. The van der Waals surface area contributed by atoms with Crippen LogP contribution in [0.3, 0.4) is 0 Å². The van der Waals surface area contributed by atoms with Crippen LogP contribution in [0.25, 0.3) is 33.1 Å². The van der Waals surface area contributed by atoms with Crippen LogP contribution in [0.5, 0.6) is 5.75 Å². The van der Waals surface area contributed by atoms with Crippen LogP contribution >= 0.6 is 11.6 Å². The summed E-state index contributed by atoms with van der Waals surface area (Å²) in [7, 11) is 1.94. The summed E-state index contributed by atoms with van der Waals surface area (Å²) in [5.74, 6) is 0.787. The Morgan fingerprint density at radius 2 is 2.13 bits per heavy atom. The fraction of sp³-hybridized carbons (Fsp3) is 0.111. The molecule has 1 aliphatic rings. The lowest BCUT2D eigenvalue weighted by atomic mass is 10.00. The van der Waals surface area contributed by atoms with Gasteiger partial charge in [0, 0.05) is 23.4 Å². The van der Waals surface area contributed by atoms with E-state index in [0.29, 0.717) is 11.6 Å². The number of hydrogen-bond acceptors (Lipinski definition) is 3. The van der Waals surface area contributed by atoms with Gasteiger partial charge in [0.1, 0.15) is 12.4 Å². The first-order valence-corrected chi connectivity index (χ1v) is 7.76. The lowest BCUT2D eigenvalue weighted by Gasteiger charge is -2.21. The van der Waals surface area contributed by atoms with Crippen molar-refractivity contribution in [1.29, 1.82) is 0 Å². The molecular weight excluding hydrogens is 310 g/mol. The van der Waals surface area contributed by atoms with Crippen LogP contribution in [0.2, 0.25) is 5.02 Å². The minimum absolute atomic E-state index is 0.511. The van der Waals surface area contributed by atoms with Crippen molar-refractivity contribution in [2.45, 2.75) is 6.61 Å². The molecule has 0 radical (unpaired) electrons. The first-order valence-electron chi connectivity index (χ1n) is 7.38. The van der Waals surface area contributed by atoms with Gasteiger partial charge in [-0.05, 0) is 24.3 Å². The normalized spacial score (nSPS) is 13.0. The van der Waals surface area contributed by atoms with Crippen molar-refractivity contribution >= 4 is 33.4 Å². The number of halogens is 1. The standard InChI is InChI=1S/C18H12ClN3O/c1-22-14-6-5-10-7-11-9-23-15-4-2-3-13(19)16(15)18(11)21-17(10)12(14)8-20-22/h2-8H,9H2,1H3. The van der Waals surface area contributed by atoms with Gasteiger partial charge >= 0.3 is 0 Å². The van der Waals surface area contributed by atoms with Crippen LogP contribution in [0.1, 0.15) is 5.56 Å². The molecule has 0 saturated carbocycles. The number of rotatable bonds is 0. The summed E-state index contributed by atoms with van der Waals surface area (Å²) >= 11 is 6.41. The molecular formula is C18H12ClN3O. The second-order valence-electron chi connectivity index (χ2n) is 5.74. The molecule has 5 rings (SSSR count). The maximum atomic E-state index is 6.41. The number of ether oxygens (including phenoxy) is 1. The number of aromatic nitrogens is 3. The summed E-state index contributed by atoms with van der Waals surface area (Å²) in [6.07, 6.45) is 1.86. The molecule has 0 unspecified atom stereocenters. The van der Waals surface area contributed by atoms with Gasteiger partial charge in [0.05, 0.1) is 33.5 Å². The molecule has 112 valence electrons. The molecule has 23 heavy (non-hydrogen) atoms. The van der Waals surface area contributed by atoms with E-state index in [9.17, 15) is 0 Å². The zero-order chi connectivity index (χ0) is 15.6. The maximum absolute atomic E-state index is 6.41. The van der Waals surface area contributed by atoms with Crippen LogP contribution in [0.4, 0.5) is 0 Å². The molecule has 0 amide bonds. The largest absolute Gasteiger partial charge is 0.488 e. The summed E-state index contributed by atoms with van der Waals surface area (Å²) < 4.78 is 7.69. The molecule has 0 fully saturated rings. The third kappa shape index (κ3) is 1.72. The second kappa shape index (κ2) is 4.46. The van der Waals surface area contributed by atoms with E-state index < -0.39 is 0 Å². The highest BCUT2D eigenvalue weighted by Crippen LogP contribution is 2.42. The Morgan fingerprint density at radius 3 is 3.04 bits per heavy atom. The Labute approximate surface area is 137 Å². The zero-order valence-electron chi connectivity index (χ0n) is 12.4. The van der Waals surface area contributed by atoms with Gasteiger partial charge in [-0.25, -0.2) is 4.98 Å². The predicted octanol–water partition coefficient (Wildman–Crippen LogP) is 4.33. The summed E-state index contributed by atoms with van der Waals surface area (Å²) in [6, 6.07) is 12.0. The Balaban J connectivity index is 1.91. The average molecular weight is 322 g/mol. The molecule has 2 aromatic heterocycles. The van der Waals surface area contributed by atoms with Crippen molar-refractivity contribution in [2.24, 2.45) is 7.05 Å². The molecule has 5 heteroatoms. The SMILES string of the molecule is Cn1ncc2c3nc4c(cc3ccc21)COc1cccc(Cl)c1-4. The van der Waals surface area contributed by atoms with E-state index in [4.69, 9.17) is 21.3 Å². The summed E-state index contributed by atoms with van der Waals surface area (Å²) in [4.78, 5) is 4.94. The van der Waals surface area contributed by atoms with Gasteiger partial charge in [-0.3, -0.25) is 4.68 Å². The number of nitrogens with zero attached hydrogens (tertiary/aromatic N) is 3. The van der Waals surface area contributed by atoms with Gasteiger partial charge in [0.2, 0.25) is 0 Å². The molecule has 1 aliphatic heterocycles. The highest BCUT2D eigenvalue weighted by molar-refractivity contribution is 6.33. The van der Waals surface area contributed by atoms with Gasteiger partial charge in [0.25, 0.3) is 0 Å². The second-order valence-corrected chi connectivity index (χ2v) is 6.14. The Bertz CT molecular complexity index is 1100. The molecule has 0 N–H and O–H groups in total. The van der Waals surface area contributed by atoms with E-state index in [1.54, 1.807) is 0 Å². The van der Waals surface area contributed by atoms with Crippen LogP contribution in [0.15, 0.2) is 42.6 Å². The number of hydrogen-bond donors (Lipinski definition) is 0. The van der Waals surface area contributed by atoms with E-state index in [1.165, 1.54) is 0 Å². The van der Waals surface area contributed by atoms with Gasteiger partial charge in [0.15, 0.2) is 0 Å². The van der Waals surface area contributed by atoms with Crippen LogP contribution in [-0.2, 0) is 13.7 Å². The van der Waals surface area contributed by atoms with Crippen molar-refractivity contribution in [3.05, 3.63) is 53.2 Å². The highest BCUT2D eigenvalue weighted by atomic mass is 35.5. The van der Waals surface area contributed by atoms with Gasteiger partial charge in [-0.2, -0.15) is 5.10 Å². The first kappa shape index (κ1) is 12.9. The molecule has 2 aromatic carbocycles. The fourth-order valence-corrected chi connectivity index (χ4v) is 3.50. The van der Waals surface area contributed by atoms with Gasteiger partial charge in [-0.1, -0.05) is 23.7 Å². The molecule has 0 atom stereocenters. The molecule has 0 saturated heterocycles. The van der Waals surface area contributed by atoms with Crippen molar-refractivity contribution in [3.8, 4) is 17.0 Å². The first-order chi connectivity index (χ1) is 11.2. The average Bonchev–Trinajstić information content (AvgIpc) is 2.94. The van der Waals surface area contributed by atoms with E-state index in [0.717, 1.165) is 44.4 Å². The van der Waals surface area contributed by atoms with E-state index in [-0.39, 0.29) is 0 Å². The lowest BCUT2D eigenvalue weighted by Crippen LogP contribution is -2.07. The smallest absolute Gasteiger partial charge is 0.130 e. The van der Waals surface area contributed by atoms with E-state index in [2.05, 4.69) is 23.3 Å². The quantitative estimate of drug-likeness (QED) is 0.484. The van der Waals surface area contributed by atoms with Crippen molar-refractivity contribution in [3.63, 3.8) is 0 Å². The van der Waals surface area contributed by atoms with E-state index >= 15 is 0 Å². The summed E-state index contributed by atoms with van der Waals surface area (Å²) in [5, 5.41) is 7.14. The third-order valence-electron chi connectivity index (χ3n) is 4.39. The number of pyridine rings is 1. The Hall–Kier alpha value is -2.59. The van der Waals surface area contributed by atoms with Gasteiger partial charge in [-0.15, -0.1) is 0 Å². The van der Waals surface area contributed by atoms with Crippen LogP contribution in [0, 0.1) is 0 Å². The van der Waals surface area contributed by atoms with Crippen molar-refractivity contribution < 1.29 is 4.74 Å². The van der Waals surface area contributed by atoms with Crippen molar-refractivity contribution in [2.75, 3.05) is 0 Å². The van der Waals surface area contributed by atoms with Crippen LogP contribution in [-0.4, -0.2) is 14.8 Å². The zero-order valence-corrected chi connectivity index (χ0v) is 13.1. The molecule has 0 aliphatic carbocycles. The predicted molar refractivity (Wildman–Crippen MR) is 90.8 cm³/mol. The molecule has 0 spiro atoms. The molecule has 4 aromatic rings. The topological polar surface area (TPSA) is 39.9 Å². The fourth-order valence-electron chi connectivity index (χ4n) is 3.25.